The third kappa shape index (κ3) is 3.66. The summed E-state index contributed by atoms with van der Waals surface area (Å²) in [5.41, 5.74) is 3.35. The van der Waals surface area contributed by atoms with Crippen LogP contribution in [0, 0.1) is 24.1 Å². The quantitative estimate of drug-likeness (QED) is 0.793. The molecule has 0 radical (unpaired) electrons. The summed E-state index contributed by atoms with van der Waals surface area (Å²) in [5, 5.41) is 9.23. The highest BCUT2D eigenvalue weighted by Crippen LogP contribution is 2.21. The van der Waals surface area contributed by atoms with Gasteiger partial charge in [-0.2, -0.15) is 5.26 Å². The summed E-state index contributed by atoms with van der Waals surface area (Å²) in [5.74, 6) is -0.444. The number of hydrogen-bond acceptors (Lipinski definition) is 1. The maximum Gasteiger partial charge on any atom is 0.123 e. The molecule has 0 amide bonds. The lowest BCUT2D eigenvalue weighted by molar-refractivity contribution is 0.625. The van der Waals surface area contributed by atoms with Crippen molar-refractivity contribution in [3.05, 3.63) is 71.0 Å². The second-order valence-electron chi connectivity index (χ2n) is 4.76. The van der Waals surface area contributed by atoms with Gasteiger partial charge in [0, 0.05) is 0 Å². The third-order valence-corrected chi connectivity index (χ3v) is 3.27. The zero-order valence-electron chi connectivity index (χ0n) is 10.9. The molecular formula is C17H16FN. The normalized spacial score (nSPS) is 11.8. The summed E-state index contributed by atoms with van der Waals surface area (Å²) in [7, 11) is 0. The lowest BCUT2D eigenvalue weighted by Gasteiger charge is -2.09. The van der Waals surface area contributed by atoms with Crippen molar-refractivity contribution in [3.8, 4) is 6.07 Å². The van der Waals surface area contributed by atoms with Gasteiger partial charge in [0.25, 0.3) is 0 Å². The monoisotopic (exact) mass is 253 g/mol. The smallest absolute Gasteiger partial charge is 0.123 e. The lowest BCUT2D eigenvalue weighted by atomic mass is 9.93. The molecule has 0 aromatic heterocycles. The first kappa shape index (κ1) is 13.3. The Bertz CT molecular complexity index is 564. The van der Waals surface area contributed by atoms with E-state index in [2.05, 4.69) is 37.3 Å². The van der Waals surface area contributed by atoms with Crippen molar-refractivity contribution in [3.63, 3.8) is 0 Å². The van der Waals surface area contributed by atoms with Crippen LogP contribution >= 0.6 is 0 Å². The molecule has 1 atom stereocenters. The molecule has 0 spiro atoms. The SMILES string of the molecule is Cc1ccc(CCC(C#N)c2ccc(F)cc2)cc1. The number of aryl methyl sites for hydroxylation is 2. The first-order chi connectivity index (χ1) is 9.19. The molecule has 96 valence electrons. The Kier molecular flexibility index (Phi) is 4.30. The van der Waals surface area contributed by atoms with Gasteiger partial charge in [0.1, 0.15) is 5.82 Å². The van der Waals surface area contributed by atoms with Gasteiger partial charge in [-0.1, -0.05) is 42.0 Å². The first-order valence-electron chi connectivity index (χ1n) is 6.39. The van der Waals surface area contributed by atoms with Crippen LogP contribution in [0.1, 0.15) is 29.0 Å². The standard InChI is InChI=1S/C17H16FN/c1-13-2-4-14(5-3-13)6-7-16(12-19)15-8-10-17(18)11-9-15/h2-5,8-11,16H,6-7H2,1H3. The lowest BCUT2D eigenvalue weighted by Crippen LogP contribution is -1.98. The van der Waals surface area contributed by atoms with Crippen LogP contribution in [0.2, 0.25) is 0 Å². The summed E-state index contributed by atoms with van der Waals surface area (Å²) >= 11 is 0. The van der Waals surface area contributed by atoms with E-state index in [1.165, 1.54) is 23.3 Å². The summed E-state index contributed by atoms with van der Waals surface area (Å²) in [6, 6.07) is 16.8. The molecule has 2 heteroatoms. The van der Waals surface area contributed by atoms with Crippen molar-refractivity contribution in [2.75, 3.05) is 0 Å². The van der Waals surface area contributed by atoms with E-state index < -0.39 is 0 Å². The number of hydrogen-bond donors (Lipinski definition) is 0. The van der Waals surface area contributed by atoms with Crippen molar-refractivity contribution >= 4 is 0 Å². The van der Waals surface area contributed by atoms with Crippen LogP contribution < -0.4 is 0 Å². The predicted octanol–water partition coefficient (Wildman–Crippen LogP) is 4.37. The van der Waals surface area contributed by atoms with Gasteiger partial charge in [0.15, 0.2) is 0 Å². The molecule has 0 fully saturated rings. The van der Waals surface area contributed by atoms with Gasteiger partial charge >= 0.3 is 0 Å². The van der Waals surface area contributed by atoms with Crippen molar-refractivity contribution in [2.45, 2.75) is 25.7 Å². The average Bonchev–Trinajstić information content (AvgIpc) is 2.43. The minimum atomic E-state index is -0.265. The fourth-order valence-electron chi connectivity index (χ4n) is 2.07. The summed E-state index contributed by atoms with van der Waals surface area (Å²) < 4.78 is 12.9. The van der Waals surface area contributed by atoms with Crippen LogP contribution in [-0.4, -0.2) is 0 Å². The molecule has 1 unspecified atom stereocenters. The molecule has 0 heterocycles. The van der Waals surface area contributed by atoms with Crippen molar-refractivity contribution < 1.29 is 4.39 Å². The van der Waals surface area contributed by atoms with Crippen LogP contribution in [-0.2, 0) is 6.42 Å². The largest absolute Gasteiger partial charge is 0.207 e. The maximum atomic E-state index is 12.9. The topological polar surface area (TPSA) is 23.8 Å². The fourth-order valence-corrected chi connectivity index (χ4v) is 2.07. The molecule has 2 rings (SSSR count). The number of benzene rings is 2. The van der Waals surface area contributed by atoms with E-state index in [-0.39, 0.29) is 11.7 Å². The summed E-state index contributed by atoms with van der Waals surface area (Å²) in [4.78, 5) is 0. The van der Waals surface area contributed by atoms with Gasteiger partial charge < -0.3 is 0 Å². The van der Waals surface area contributed by atoms with Gasteiger partial charge in [-0.3, -0.25) is 0 Å². The highest BCUT2D eigenvalue weighted by atomic mass is 19.1. The molecule has 0 saturated heterocycles. The van der Waals surface area contributed by atoms with Gasteiger partial charge in [0.2, 0.25) is 0 Å². The van der Waals surface area contributed by atoms with E-state index in [4.69, 9.17) is 0 Å². The summed E-state index contributed by atoms with van der Waals surface area (Å²) in [6.07, 6.45) is 1.61. The molecule has 0 aliphatic rings. The van der Waals surface area contributed by atoms with E-state index in [0.29, 0.717) is 0 Å². The zero-order chi connectivity index (χ0) is 13.7. The molecule has 0 bridgehead atoms. The van der Waals surface area contributed by atoms with Gasteiger partial charge in [0.05, 0.1) is 12.0 Å². The molecule has 19 heavy (non-hydrogen) atoms. The van der Waals surface area contributed by atoms with E-state index in [9.17, 15) is 9.65 Å². The second kappa shape index (κ2) is 6.15. The molecular weight excluding hydrogens is 237 g/mol. The minimum Gasteiger partial charge on any atom is -0.207 e. The average molecular weight is 253 g/mol. The summed E-state index contributed by atoms with van der Waals surface area (Å²) in [6.45, 7) is 2.06. The third-order valence-electron chi connectivity index (χ3n) is 3.27. The van der Waals surface area contributed by atoms with Gasteiger partial charge in [-0.25, -0.2) is 4.39 Å². The Balaban J connectivity index is 2.02. The predicted molar refractivity (Wildman–Crippen MR) is 74.3 cm³/mol. The molecule has 1 nitrogen and oxygen atoms in total. The van der Waals surface area contributed by atoms with E-state index in [1.54, 1.807) is 12.1 Å². The number of nitriles is 1. The number of rotatable bonds is 4. The molecule has 2 aromatic rings. The molecule has 0 saturated carbocycles. The maximum absolute atomic E-state index is 12.9. The van der Waals surface area contributed by atoms with Gasteiger partial charge in [-0.05, 0) is 43.0 Å². The van der Waals surface area contributed by atoms with Crippen molar-refractivity contribution in [1.29, 1.82) is 5.26 Å². The van der Waals surface area contributed by atoms with Crippen molar-refractivity contribution in [2.24, 2.45) is 0 Å². The van der Waals surface area contributed by atoms with Crippen LogP contribution in [0.25, 0.3) is 0 Å². The molecule has 0 N–H and O–H groups in total. The number of halogens is 1. The van der Waals surface area contributed by atoms with Gasteiger partial charge in [-0.15, -0.1) is 0 Å². The van der Waals surface area contributed by atoms with Crippen molar-refractivity contribution in [1.82, 2.24) is 0 Å². The van der Waals surface area contributed by atoms with E-state index in [1.807, 2.05) is 0 Å². The van der Waals surface area contributed by atoms with Crippen LogP contribution in [0.15, 0.2) is 48.5 Å². The van der Waals surface area contributed by atoms with E-state index in [0.717, 1.165) is 18.4 Å². The molecule has 2 aromatic carbocycles. The Morgan fingerprint density at radius 3 is 2.26 bits per heavy atom. The van der Waals surface area contributed by atoms with E-state index >= 15 is 0 Å². The molecule has 0 aliphatic carbocycles. The Morgan fingerprint density at radius 1 is 1.05 bits per heavy atom. The van der Waals surface area contributed by atoms with Crippen LogP contribution in [0.4, 0.5) is 4.39 Å². The Morgan fingerprint density at radius 2 is 1.68 bits per heavy atom. The Labute approximate surface area is 113 Å². The fraction of sp³-hybridized carbons (Fsp3) is 0.235. The highest BCUT2D eigenvalue weighted by Gasteiger charge is 2.10. The Hall–Kier alpha value is -2.14. The van der Waals surface area contributed by atoms with Crippen LogP contribution in [0.3, 0.4) is 0 Å². The highest BCUT2D eigenvalue weighted by molar-refractivity contribution is 5.27. The number of nitrogens with zero attached hydrogens (tertiary/aromatic N) is 1. The second-order valence-corrected chi connectivity index (χ2v) is 4.76. The van der Waals surface area contributed by atoms with Crippen LogP contribution in [0.5, 0.6) is 0 Å². The first-order valence-corrected chi connectivity index (χ1v) is 6.39. The zero-order valence-corrected chi connectivity index (χ0v) is 10.9. The molecule has 0 aliphatic heterocycles. The minimum absolute atomic E-state index is 0.179.